The molecule has 0 aliphatic rings. The Hall–Kier alpha value is -1.53. The number of aromatic amines is 1. The maximum atomic E-state index is 13.7. The summed E-state index contributed by atoms with van der Waals surface area (Å²) >= 11 is 6.15. The molecule has 0 fully saturated rings. The van der Waals surface area contributed by atoms with E-state index in [0.717, 1.165) is 11.3 Å². The van der Waals surface area contributed by atoms with Crippen molar-refractivity contribution in [3.8, 4) is 10.4 Å². The minimum atomic E-state index is -0.525. The van der Waals surface area contributed by atoms with Gasteiger partial charge in [0.15, 0.2) is 3.95 Å². The Morgan fingerprint density at radius 1 is 1.50 bits per heavy atom. The van der Waals surface area contributed by atoms with Crippen molar-refractivity contribution in [1.82, 2.24) is 4.98 Å². The summed E-state index contributed by atoms with van der Waals surface area (Å²) in [6.45, 7) is 1.97. The molecule has 1 aromatic heterocycles. The van der Waals surface area contributed by atoms with E-state index in [1.807, 2.05) is 0 Å². The molecule has 3 nitrogen and oxygen atoms in total. The molecule has 0 amide bonds. The van der Waals surface area contributed by atoms with Gasteiger partial charge in [-0.3, -0.25) is 0 Å². The minimum Gasteiger partial charge on any atom is -0.461 e. The third-order valence-corrected chi connectivity index (χ3v) is 3.51. The Morgan fingerprint density at radius 3 is 2.89 bits per heavy atom. The Balaban J connectivity index is 2.55. The van der Waals surface area contributed by atoms with Gasteiger partial charge < -0.3 is 9.72 Å². The van der Waals surface area contributed by atoms with Crippen molar-refractivity contribution < 1.29 is 13.9 Å². The van der Waals surface area contributed by atoms with Crippen LogP contribution < -0.4 is 0 Å². The number of carbonyl (C=O) groups is 1. The van der Waals surface area contributed by atoms with Crippen LogP contribution in [-0.2, 0) is 4.74 Å². The second-order valence-electron chi connectivity index (χ2n) is 3.42. The van der Waals surface area contributed by atoms with Gasteiger partial charge in [0.2, 0.25) is 0 Å². The fourth-order valence-electron chi connectivity index (χ4n) is 1.51. The third-order valence-electron chi connectivity index (χ3n) is 2.25. The largest absolute Gasteiger partial charge is 0.461 e. The van der Waals surface area contributed by atoms with Gasteiger partial charge in [0.25, 0.3) is 0 Å². The normalized spacial score (nSPS) is 10.3. The maximum absolute atomic E-state index is 13.7. The van der Waals surface area contributed by atoms with Gasteiger partial charge in [-0.1, -0.05) is 18.2 Å². The van der Waals surface area contributed by atoms with E-state index >= 15 is 0 Å². The van der Waals surface area contributed by atoms with Gasteiger partial charge in [-0.15, -0.1) is 11.3 Å². The smallest absolute Gasteiger partial charge is 0.356 e. The van der Waals surface area contributed by atoms with E-state index in [2.05, 4.69) is 4.98 Å². The standard InChI is InChI=1S/C12H10FNO2S2/c1-2-16-11(15)9-10(18-12(17)14-9)7-5-3-4-6-8(7)13/h3-6H,2H2,1H3,(H,14,17). The maximum Gasteiger partial charge on any atom is 0.356 e. The molecule has 0 unspecified atom stereocenters. The molecule has 0 saturated heterocycles. The van der Waals surface area contributed by atoms with Crippen LogP contribution in [0.25, 0.3) is 10.4 Å². The second kappa shape index (κ2) is 5.41. The molecule has 0 spiro atoms. The summed E-state index contributed by atoms with van der Waals surface area (Å²) in [7, 11) is 0. The molecule has 0 saturated carbocycles. The third kappa shape index (κ3) is 2.49. The molecule has 0 aliphatic heterocycles. The summed E-state index contributed by atoms with van der Waals surface area (Å²) in [5.41, 5.74) is 0.551. The van der Waals surface area contributed by atoms with Crippen LogP contribution in [0.2, 0.25) is 0 Å². The number of halogens is 1. The highest BCUT2D eigenvalue weighted by molar-refractivity contribution is 7.73. The van der Waals surface area contributed by atoms with E-state index < -0.39 is 11.8 Å². The van der Waals surface area contributed by atoms with Crippen LogP contribution in [0.4, 0.5) is 4.39 Å². The topological polar surface area (TPSA) is 42.1 Å². The van der Waals surface area contributed by atoms with E-state index in [4.69, 9.17) is 17.0 Å². The lowest BCUT2D eigenvalue weighted by atomic mass is 10.1. The molecule has 0 radical (unpaired) electrons. The van der Waals surface area contributed by atoms with Crippen molar-refractivity contribution in [2.45, 2.75) is 6.92 Å². The number of hydrogen-bond donors (Lipinski definition) is 1. The predicted molar refractivity (Wildman–Crippen MR) is 70.9 cm³/mol. The lowest BCUT2D eigenvalue weighted by Gasteiger charge is -2.03. The summed E-state index contributed by atoms with van der Waals surface area (Å²) in [5.74, 6) is -0.920. The van der Waals surface area contributed by atoms with Crippen molar-refractivity contribution >= 4 is 29.5 Å². The second-order valence-corrected chi connectivity index (χ2v) is 5.11. The van der Waals surface area contributed by atoms with Gasteiger partial charge in [0.1, 0.15) is 11.5 Å². The first-order valence-electron chi connectivity index (χ1n) is 5.28. The molecular weight excluding hydrogens is 273 g/mol. The number of nitrogens with one attached hydrogen (secondary N) is 1. The highest BCUT2D eigenvalue weighted by Crippen LogP contribution is 2.31. The quantitative estimate of drug-likeness (QED) is 0.688. The van der Waals surface area contributed by atoms with E-state index in [0.29, 0.717) is 14.4 Å². The molecule has 6 heteroatoms. The van der Waals surface area contributed by atoms with E-state index in [9.17, 15) is 9.18 Å². The molecule has 2 aromatic rings. The molecule has 0 bridgehead atoms. The minimum absolute atomic E-state index is 0.206. The molecule has 2 rings (SSSR count). The number of benzene rings is 1. The van der Waals surface area contributed by atoms with Gasteiger partial charge in [0.05, 0.1) is 11.5 Å². The summed E-state index contributed by atoms with van der Waals surface area (Å²) < 4.78 is 19.0. The SMILES string of the molecule is CCOC(=O)c1[nH]c(=S)sc1-c1ccccc1F. The van der Waals surface area contributed by atoms with Crippen LogP contribution in [0.3, 0.4) is 0 Å². The summed E-state index contributed by atoms with van der Waals surface area (Å²) in [6, 6.07) is 6.24. The van der Waals surface area contributed by atoms with Crippen LogP contribution in [0.5, 0.6) is 0 Å². The molecule has 94 valence electrons. The van der Waals surface area contributed by atoms with Gasteiger partial charge in [-0.2, -0.15) is 0 Å². The first-order chi connectivity index (χ1) is 8.63. The summed E-state index contributed by atoms with van der Waals surface area (Å²) in [4.78, 5) is 15.0. The van der Waals surface area contributed by atoms with Gasteiger partial charge in [0, 0.05) is 5.56 Å². The van der Waals surface area contributed by atoms with Crippen molar-refractivity contribution in [3.63, 3.8) is 0 Å². The van der Waals surface area contributed by atoms with Gasteiger partial charge in [-0.05, 0) is 25.2 Å². The van der Waals surface area contributed by atoms with Crippen molar-refractivity contribution in [2.75, 3.05) is 6.61 Å². The molecule has 1 heterocycles. The van der Waals surface area contributed by atoms with Gasteiger partial charge >= 0.3 is 5.97 Å². The fourth-order valence-corrected chi connectivity index (χ4v) is 2.71. The number of H-pyrrole nitrogens is 1. The molecule has 1 aromatic carbocycles. The zero-order chi connectivity index (χ0) is 13.1. The highest BCUT2D eigenvalue weighted by atomic mass is 32.1. The lowest BCUT2D eigenvalue weighted by molar-refractivity contribution is 0.0521. The predicted octanol–water partition coefficient (Wildman–Crippen LogP) is 3.79. The molecule has 1 N–H and O–H groups in total. The fraction of sp³-hybridized carbons (Fsp3) is 0.167. The van der Waals surface area contributed by atoms with Crippen molar-refractivity contribution in [3.05, 3.63) is 39.7 Å². The number of ether oxygens (including phenoxy) is 1. The number of rotatable bonds is 3. The molecule has 0 atom stereocenters. The first-order valence-corrected chi connectivity index (χ1v) is 6.51. The number of hydrogen-bond acceptors (Lipinski definition) is 4. The number of thiazole rings is 1. The number of carbonyl (C=O) groups excluding carboxylic acids is 1. The van der Waals surface area contributed by atoms with Gasteiger partial charge in [-0.25, -0.2) is 9.18 Å². The van der Waals surface area contributed by atoms with Crippen molar-refractivity contribution in [1.29, 1.82) is 0 Å². The monoisotopic (exact) mass is 283 g/mol. The zero-order valence-corrected chi connectivity index (χ0v) is 11.2. The molecule has 18 heavy (non-hydrogen) atoms. The van der Waals surface area contributed by atoms with E-state index in [-0.39, 0.29) is 12.3 Å². The number of esters is 1. The Kier molecular flexibility index (Phi) is 3.88. The van der Waals surface area contributed by atoms with Crippen LogP contribution in [0.1, 0.15) is 17.4 Å². The Morgan fingerprint density at radius 2 is 2.22 bits per heavy atom. The lowest BCUT2D eigenvalue weighted by Crippen LogP contribution is -2.06. The first kappa shape index (κ1) is 12.9. The average molecular weight is 283 g/mol. The summed E-state index contributed by atoms with van der Waals surface area (Å²) in [5, 5.41) is 0. The zero-order valence-electron chi connectivity index (χ0n) is 9.53. The Labute approximate surface area is 112 Å². The van der Waals surface area contributed by atoms with Crippen LogP contribution >= 0.6 is 23.6 Å². The average Bonchev–Trinajstić information content (AvgIpc) is 2.72. The highest BCUT2D eigenvalue weighted by Gasteiger charge is 2.19. The van der Waals surface area contributed by atoms with Crippen LogP contribution in [0, 0.1) is 9.77 Å². The number of aromatic nitrogens is 1. The molecule has 0 aliphatic carbocycles. The summed E-state index contributed by atoms with van der Waals surface area (Å²) in [6.07, 6.45) is 0. The van der Waals surface area contributed by atoms with E-state index in [1.165, 1.54) is 6.07 Å². The molecular formula is C12H10FNO2S2. The van der Waals surface area contributed by atoms with Crippen LogP contribution in [-0.4, -0.2) is 17.6 Å². The Bertz CT molecular complexity index is 633. The van der Waals surface area contributed by atoms with Crippen LogP contribution in [0.15, 0.2) is 24.3 Å². The van der Waals surface area contributed by atoms with E-state index in [1.54, 1.807) is 25.1 Å². The van der Waals surface area contributed by atoms with Crippen molar-refractivity contribution in [2.24, 2.45) is 0 Å².